The number of hydrogen-bond donors (Lipinski definition) is 6. The molecule has 12 nitrogen and oxygen atoms in total. The molecule has 2 bridgehead atoms. The molecule has 326 valence electrons. The molecular formula is C45H74O12. The van der Waals surface area contributed by atoms with Gasteiger partial charge in [0.1, 0.15) is 17.5 Å². The van der Waals surface area contributed by atoms with Crippen LogP contribution in [0.15, 0.2) is 36.5 Å². The van der Waals surface area contributed by atoms with Gasteiger partial charge >= 0.3 is 5.97 Å². The molecule has 0 aromatic rings. The molecule has 3 heterocycles. The van der Waals surface area contributed by atoms with E-state index in [2.05, 4.69) is 6.92 Å². The maximum atomic E-state index is 13.5. The third kappa shape index (κ3) is 11.7. The number of fused-ring (bicyclic) bond motifs is 2. The van der Waals surface area contributed by atoms with Crippen LogP contribution < -0.4 is 0 Å². The molecule has 57 heavy (non-hydrogen) atoms. The lowest BCUT2D eigenvalue weighted by atomic mass is 9.74. The molecule has 0 saturated carbocycles. The Hall–Kier alpha value is -2.29. The zero-order chi connectivity index (χ0) is 43.2. The van der Waals surface area contributed by atoms with Crippen molar-refractivity contribution in [2.75, 3.05) is 0 Å². The van der Waals surface area contributed by atoms with Gasteiger partial charge in [-0.3, -0.25) is 9.59 Å². The first-order chi connectivity index (χ1) is 26.5. The monoisotopic (exact) mass is 807 g/mol. The molecule has 6 N–H and O–H groups in total. The third-order valence-electron chi connectivity index (χ3n) is 13.5. The Kier molecular flexibility index (Phi) is 17.9. The molecular weight excluding hydrogens is 732 g/mol. The average Bonchev–Trinajstić information content (AvgIpc) is 3.17. The molecule has 0 amide bonds. The highest BCUT2D eigenvalue weighted by atomic mass is 16.7. The van der Waals surface area contributed by atoms with Gasteiger partial charge in [0.25, 0.3) is 0 Å². The lowest BCUT2D eigenvalue weighted by Gasteiger charge is -2.55. The topological polar surface area (TPSA) is 200 Å². The second-order valence-electron chi connectivity index (χ2n) is 18.1. The van der Waals surface area contributed by atoms with Crippen molar-refractivity contribution in [1.82, 2.24) is 0 Å². The van der Waals surface area contributed by atoms with Gasteiger partial charge in [0.2, 0.25) is 0 Å². The second-order valence-corrected chi connectivity index (χ2v) is 18.1. The summed E-state index contributed by atoms with van der Waals surface area (Å²) in [6.45, 7) is 18.6. The molecule has 1 spiro atoms. The molecule has 0 aromatic carbocycles. The van der Waals surface area contributed by atoms with Gasteiger partial charge in [-0.25, -0.2) is 4.79 Å². The first-order valence-corrected chi connectivity index (χ1v) is 21.3. The molecule has 3 aliphatic rings. The summed E-state index contributed by atoms with van der Waals surface area (Å²) in [6.07, 6.45) is 5.74. The highest BCUT2D eigenvalue weighted by molar-refractivity contribution is 5.91. The molecule has 0 unspecified atom stereocenters. The molecule has 0 aromatic heterocycles. The van der Waals surface area contributed by atoms with Crippen LogP contribution in [0.1, 0.15) is 115 Å². The maximum absolute atomic E-state index is 13.5. The smallest absolute Gasteiger partial charge is 0.330 e. The van der Waals surface area contributed by atoms with Crippen LogP contribution in [0, 0.1) is 53.3 Å². The molecule has 12 heteroatoms. The van der Waals surface area contributed by atoms with E-state index >= 15 is 0 Å². The van der Waals surface area contributed by atoms with Crippen molar-refractivity contribution < 1.29 is 59.2 Å². The highest BCUT2D eigenvalue weighted by Gasteiger charge is 2.56. The number of carbonyl (C=O) groups is 3. The fourth-order valence-corrected chi connectivity index (χ4v) is 9.07. The Labute approximate surface area is 340 Å². The van der Waals surface area contributed by atoms with Crippen molar-refractivity contribution in [1.29, 1.82) is 0 Å². The van der Waals surface area contributed by atoms with E-state index in [-0.39, 0.29) is 30.3 Å². The normalized spacial score (nSPS) is 47.5. The minimum atomic E-state index is -2.22. The average molecular weight is 807 g/mol. The van der Waals surface area contributed by atoms with E-state index in [1.807, 2.05) is 32.9 Å². The summed E-state index contributed by atoms with van der Waals surface area (Å²) >= 11 is 0. The predicted molar refractivity (Wildman–Crippen MR) is 216 cm³/mol. The lowest BCUT2D eigenvalue weighted by Crippen LogP contribution is -2.62. The van der Waals surface area contributed by atoms with E-state index in [4.69, 9.17) is 14.2 Å². The summed E-state index contributed by atoms with van der Waals surface area (Å²) in [5, 5.41) is 66.7. The van der Waals surface area contributed by atoms with Crippen LogP contribution in [-0.4, -0.2) is 108 Å². The van der Waals surface area contributed by atoms with E-state index in [1.165, 1.54) is 39.8 Å². The number of hydrogen-bond acceptors (Lipinski definition) is 12. The minimum Gasteiger partial charge on any atom is -0.458 e. The van der Waals surface area contributed by atoms with E-state index in [0.717, 1.165) is 6.42 Å². The van der Waals surface area contributed by atoms with E-state index in [0.29, 0.717) is 25.7 Å². The number of rotatable bonds is 3. The summed E-state index contributed by atoms with van der Waals surface area (Å²) in [4.78, 5) is 40.6. The Morgan fingerprint density at radius 2 is 1.49 bits per heavy atom. The quantitative estimate of drug-likeness (QED) is 0.212. The lowest BCUT2D eigenvalue weighted by molar-refractivity contribution is -0.372. The van der Waals surface area contributed by atoms with E-state index < -0.39 is 107 Å². The largest absolute Gasteiger partial charge is 0.458 e. The van der Waals surface area contributed by atoms with Crippen LogP contribution in [0.5, 0.6) is 0 Å². The summed E-state index contributed by atoms with van der Waals surface area (Å²) in [7, 11) is 0. The summed E-state index contributed by atoms with van der Waals surface area (Å²) in [5.41, 5.74) is -2.22. The van der Waals surface area contributed by atoms with Crippen molar-refractivity contribution in [3.63, 3.8) is 0 Å². The SMILES string of the molecule is CC[C@H]1/C=C/C=C\C[C@@H](C)[C@H](O)[C@@](C)(O)C(=O)[C@@H](C)[C@H](O)[C@@H](C)C(=O)[C@@H](C)[C@H](O)[C@@H](C)/C=C/C(=O)O[C@@H]2[C@H](C)[C@H](C[C@H]1O)O[C@]1(CC[C@H](C)[C@H](C[C@@H](C)O)O1)[C@H]2C. The van der Waals surface area contributed by atoms with Crippen LogP contribution in [-0.2, 0) is 28.6 Å². The van der Waals surface area contributed by atoms with Crippen molar-refractivity contribution >= 4 is 17.5 Å². The number of ether oxygens (including phenoxy) is 3. The third-order valence-corrected chi connectivity index (χ3v) is 13.5. The zero-order valence-corrected chi connectivity index (χ0v) is 36.2. The first kappa shape index (κ1) is 49.1. The Morgan fingerprint density at radius 1 is 0.860 bits per heavy atom. The van der Waals surface area contributed by atoms with Crippen LogP contribution in [0.25, 0.3) is 0 Å². The van der Waals surface area contributed by atoms with Gasteiger partial charge in [0.15, 0.2) is 11.6 Å². The molecule has 2 saturated heterocycles. The minimum absolute atomic E-state index is 0.164. The van der Waals surface area contributed by atoms with E-state index in [9.17, 15) is 45.0 Å². The number of carbonyl (C=O) groups excluding carboxylic acids is 3. The Balaban J connectivity index is 2.02. The first-order valence-electron chi connectivity index (χ1n) is 21.3. The molecule has 3 rings (SSSR count). The number of esters is 1. The Bertz CT molecular complexity index is 1420. The van der Waals surface area contributed by atoms with Crippen LogP contribution in [0.4, 0.5) is 0 Å². The summed E-state index contributed by atoms with van der Waals surface area (Å²) in [5.74, 6) is -8.49. The number of aliphatic hydroxyl groups is 6. The van der Waals surface area contributed by atoms with Crippen LogP contribution in [0.2, 0.25) is 0 Å². The van der Waals surface area contributed by atoms with Crippen molar-refractivity contribution in [2.45, 2.75) is 175 Å². The maximum Gasteiger partial charge on any atom is 0.330 e. The fourth-order valence-electron chi connectivity index (χ4n) is 9.07. The standard InChI is InChI=1S/C45H74O12/c1-12-33-17-15-13-14-16-26(4)42(52)44(11,54)43(53)31(9)40(51)30(8)39(50)29(7)38(49)25(3)18-19-37(48)55-41-28(6)36(23-34(33)47)57-45(32(41)10)21-20-24(2)35(56-45)22-27(5)46/h13-15,17-19,24-36,38,40-42,46-47,49,51-52,54H,12,16,20-23H2,1-11H3/b14-13-,17-15+,19-18+/t24-,25-,26+,27+,28+,29-,30-,31-,32-,33-,34+,35-,36-,38+,40+,41+,42-,44+,45+/m0/s1. The Morgan fingerprint density at radius 3 is 2.11 bits per heavy atom. The highest BCUT2D eigenvalue weighted by Crippen LogP contribution is 2.49. The second kappa shape index (κ2) is 20.8. The molecule has 3 aliphatic heterocycles. The van der Waals surface area contributed by atoms with Gasteiger partial charge in [0.05, 0.1) is 42.7 Å². The molecule has 2 fully saturated rings. The number of allylic oxidation sites excluding steroid dienone is 3. The zero-order valence-electron chi connectivity index (χ0n) is 36.2. The van der Waals surface area contributed by atoms with Crippen molar-refractivity contribution in [3.8, 4) is 0 Å². The molecule has 0 radical (unpaired) electrons. The fraction of sp³-hybridized carbons (Fsp3) is 0.800. The summed E-state index contributed by atoms with van der Waals surface area (Å²) < 4.78 is 19.8. The van der Waals surface area contributed by atoms with Crippen molar-refractivity contribution in [2.24, 2.45) is 53.3 Å². The van der Waals surface area contributed by atoms with Gasteiger partial charge in [-0.2, -0.15) is 0 Å². The number of Topliss-reactive ketones (excluding diaryl/α,β-unsaturated/α-hetero) is 2. The number of ketones is 2. The molecule has 19 atom stereocenters. The van der Waals surface area contributed by atoms with Crippen LogP contribution >= 0.6 is 0 Å². The summed E-state index contributed by atoms with van der Waals surface area (Å²) in [6, 6.07) is 0. The van der Waals surface area contributed by atoms with Gasteiger partial charge in [-0.05, 0) is 51.4 Å². The predicted octanol–water partition coefficient (Wildman–Crippen LogP) is 4.85. The van der Waals surface area contributed by atoms with Gasteiger partial charge in [0, 0.05) is 60.3 Å². The van der Waals surface area contributed by atoms with Gasteiger partial charge in [-0.15, -0.1) is 0 Å². The van der Waals surface area contributed by atoms with E-state index in [1.54, 1.807) is 32.9 Å². The molecule has 0 aliphatic carbocycles. The number of aliphatic hydroxyl groups excluding tert-OH is 5. The van der Waals surface area contributed by atoms with Gasteiger partial charge < -0.3 is 44.8 Å². The van der Waals surface area contributed by atoms with Gasteiger partial charge in [-0.1, -0.05) is 92.7 Å². The van der Waals surface area contributed by atoms with Crippen molar-refractivity contribution in [3.05, 3.63) is 36.5 Å². The van der Waals surface area contributed by atoms with Crippen LogP contribution in [0.3, 0.4) is 0 Å².